The predicted molar refractivity (Wildman–Crippen MR) is 109 cm³/mol. The summed E-state index contributed by atoms with van der Waals surface area (Å²) in [4.78, 5) is 0. The number of aromatic nitrogens is 1. The molecule has 0 saturated carbocycles. The van der Waals surface area contributed by atoms with Crippen molar-refractivity contribution in [2.75, 3.05) is 0 Å². The minimum absolute atomic E-state index is 0.102. The lowest BCUT2D eigenvalue weighted by atomic mass is 10.0. The first kappa shape index (κ1) is 16.2. The van der Waals surface area contributed by atoms with Crippen LogP contribution in [0, 0.1) is 12.3 Å². The molecule has 1 heterocycles. The van der Waals surface area contributed by atoms with Crippen molar-refractivity contribution >= 4 is 16.7 Å². The van der Waals surface area contributed by atoms with Gasteiger partial charge in [0.05, 0.1) is 0 Å². The van der Waals surface area contributed by atoms with E-state index in [1.807, 2.05) is 18.2 Å². The minimum atomic E-state index is 0.102. The summed E-state index contributed by atoms with van der Waals surface area (Å²) in [5, 5.41) is 8.69. The van der Waals surface area contributed by atoms with E-state index in [0.717, 1.165) is 23.0 Å². The molecule has 0 unspecified atom stereocenters. The molecule has 1 aromatic heterocycles. The van der Waals surface area contributed by atoms with Gasteiger partial charge >= 0.3 is 0 Å². The van der Waals surface area contributed by atoms with Gasteiger partial charge in [-0.25, -0.2) is 0 Å². The molecular formula is C23H21N3. The molecule has 0 spiro atoms. The van der Waals surface area contributed by atoms with Crippen LogP contribution in [0.4, 0.5) is 0 Å². The number of nitrogen functional groups attached to an aromatic ring is 1. The lowest BCUT2D eigenvalue weighted by Gasteiger charge is -2.09. The number of nitrogens with two attached hydrogens (primary N) is 1. The molecule has 0 saturated heterocycles. The van der Waals surface area contributed by atoms with Gasteiger partial charge in [0, 0.05) is 29.2 Å². The van der Waals surface area contributed by atoms with Gasteiger partial charge in [-0.3, -0.25) is 5.41 Å². The van der Waals surface area contributed by atoms with E-state index in [2.05, 4.69) is 72.3 Å². The van der Waals surface area contributed by atoms with Crippen LogP contribution in [0.2, 0.25) is 0 Å². The zero-order valence-electron chi connectivity index (χ0n) is 14.7. The maximum Gasteiger partial charge on any atom is 0.122 e. The molecule has 0 aliphatic heterocycles. The number of benzene rings is 3. The molecule has 4 aromatic rings. The summed E-state index contributed by atoms with van der Waals surface area (Å²) in [6.45, 7) is 2.91. The molecule has 3 N–H and O–H groups in total. The molecule has 0 bridgehead atoms. The molecule has 0 fully saturated rings. The highest BCUT2D eigenvalue weighted by atomic mass is 14.9. The monoisotopic (exact) mass is 339 g/mol. The highest BCUT2D eigenvalue weighted by Crippen LogP contribution is 2.23. The van der Waals surface area contributed by atoms with E-state index >= 15 is 0 Å². The van der Waals surface area contributed by atoms with Crippen molar-refractivity contribution in [2.45, 2.75) is 13.5 Å². The third-order valence-corrected chi connectivity index (χ3v) is 4.75. The van der Waals surface area contributed by atoms with E-state index in [1.165, 1.54) is 22.3 Å². The van der Waals surface area contributed by atoms with Crippen LogP contribution < -0.4 is 5.73 Å². The van der Waals surface area contributed by atoms with Crippen LogP contribution in [0.5, 0.6) is 0 Å². The molecule has 0 aliphatic rings. The van der Waals surface area contributed by atoms with Crippen LogP contribution in [0.15, 0.2) is 79.0 Å². The fourth-order valence-corrected chi connectivity index (χ4v) is 3.30. The standard InChI is InChI=1S/C23H21N3/c1-16-5-7-18(8-6-16)19-4-2-3-17(13-19)15-26-12-11-20-14-21(23(24)25)9-10-22(20)26/h2-14H,15H2,1H3,(H3,24,25). The zero-order chi connectivity index (χ0) is 18.1. The number of nitrogens with zero attached hydrogens (tertiary/aromatic N) is 1. The zero-order valence-corrected chi connectivity index (χ0v) is 14.7. The Morgan fingerprint density at radius 2 is 1.73 bits per heavy atom. The molecule has 3 nitrogen and oxygen atoms in total. The quantitative estimate of drug-likeness (QED) is 0.401. The van der Waals surface area contributed by atoms with Gasteiger partial charge in [0.2, 0.25) is 0 Å². The average molecular weight is 339 g/mol. The van der Waals surface area contributed by atoms with Crippen molar-refractivity contribution in [3.63, 3.8) is 0 Å². The topological polar surface area (TPSA) is 54.8 Å². The molecule has 0 aliphatic carbocycles. The lowest BCUT2D eigenvalue weighted by Crippen LogP contribution is -2.10. The Hall–Kier alpha value is -3.33. The number of amidine groups is 1. The van der Waals surface area contributed by atoms with Crippen molar-refractivity contribution in [3.8, 4) is 11.1 Å². The van der Waals surface area contributed by atoms with Gasteiger partial charge in [0.1, 0.15) is 5.84 Å². The van der Waals surface area contributed by atoms with Gasteiger partial charge in [-0.2, -0.15) is 0 Å². The molecule has 26 heavy (non-hydrogen) atoms. The smallest absolute Gasteiger partial charge is 0.122 e. The second-order valence-electron chi connectivity index (χ2n) is 6.70. The number of rotatable bonds is 4. The Bertz CT molecular complexity index is 1090. The first-order chi connectivity index (χ1) is 12.6. The van der Waals surface area contributed by atoms with Crippen molar-refractivity contribution in [1.29, 1.82) is 5.41 Å². The Balaban J connectivity index is 1.65. The molecule has 0 atom stereocenters. The Morgan fingerprint density at radius 3 is 2.50 bits per heavy atom. The van der Waals surface area contributed by atoms with Gasteiger partial charge in [0.15, 0.2) is 0 Å². The fraction of sp³-hybridized carbons (Fsp3) is 0.0870. The van der Waals surface area contributed by atoms with Crippen molar-refractivity contribution in [2.24, 2.45) is 5.73 Å². The van der Waals surface area contributed by atoms with E-state index in [4.69, 9.17) is 11.1 Å². The van der Waals surface area contributed by atoms with Crippen LogP contribution in [0.25, 0.3) is 22.0 Å². The summed E-state index contributed by atoms with van der Waals surface area (Å²) < 4.78 is 2.23. The highest BCUT2D eigenvalue weighted by Gasteiger charge is 2.06. The van der Waals surface area contributed by atoms with Crippen LogP contribution >= 0.6 is 0 Å². The van der Waals surface area contributed by atoms with Crippen molar-refractivity contribution in [1.82, 2.24) is 4.57 Å². The molecule has 128 valence electrons. The van der Waals surface area contributed by atoms with Gasteiger partial charge < -0.3 is 10.3 Å². The second kappa shape index (κ2) is 6.52. The van der Waals surface area contributed by atoms with Crippen LogP contribution in [0.3, 0.4) is 0 Å². The molecule has 4 rings (SSSR count). The van der Waals surface area contributed by atoms with Gasteiger partial charge in [0.25, 0.3) is 0 Å². The molecular weight excluding hydrogens is 318 g/mol. The van der Waals surface area contributed by atoms with E-state index in [0.29, 0.717) is 0 Å². The largest absolute Gasteiger partial charge is 0.384 e. The normalized spacial score (nSPS) is 11.0. The first-order valence-corrected chi connectivity index (χ1v) is 8.69. The van der Waals surface area contributed by atoms with Crippen molar-refractivity contribution in [3.05, 3.63) is 95.7 Å². The molecule has 3 aromatic carbocycles. The number of fused-ring (bicyclic) bond motifs is 1. The van der Waals surface area contributed by atoms with Crippen LogP contribution in [-0.4, -0.2) is 10.4 Å². The maximum absolute atomic E-state index is 7.59. The number of nitrogens with one attached hydrogen (secondary N) is 1. The van der Waals surface area contributed by atoms with Gasteiger partial charge in [-0.1, -0.05) is 48.0 Å². The summed E-state index contributed by atoms with van der Waals surface area (Å²) >= 11 is 0. The van der Waals surface area contributed by atoms with Crippen LogP contribution in [0.1, 0.15) is 16.7 Å². The number of hydrogen-bond donors (Lipinski definition) is 2. The Morgan fingerprint density at radius 1 is 0.923 bits per heavy atom. The summed E-state index contributed by atoms with van der Waals surface area (Å²) in [6.07, 6.45) is 2.09. The lowest BCUT2D eigenvalue weighted by molar-refractivity contribution is 0.837. The second-order valence-corrected chi connectivity index (χ2v) is 6.70. The third kappa shape index (κ3) is 3.11. The first-order valence-electron chi connectivity index (χ1n) is 8.69. The molecule has 3 heteroatoms. The summed E-state index contributed by atoms with van der Waals surface area (Å²) in [7, 11) is 0. The van der Waals surface area contributed by atoms with Crippen LogP contribution in [-0.2, 0) is 6.54 Å². The summed E-state index contributed by atoms with van der Waals surface area (Å²) in [5.41, 5.74) is 12.5. The number of hydrogen-bond acceptors (Lipinski definition) is 1. The van der Waals surface area contributed by atoms with E-state index in [9.17, 15) is 0 Å². The number of aryl methyl sites for hydroxylation is 1. The van der Waals surface area contributed by atoms with E-state index in [-0.39, 0.29) is 5.84 Å². The fourth-order valence-electron chi connectivity index (χ4n) is 3.30. The predicted octanol–water partition coefficient (Wildman–Crippen LogP) is 4.95. The highest BCUT2D eigenvalue weighted by molar-refractivity contribution is 5.98. The Labute approximate surface area is 153 Å². The average Bonchev–Trinajstić information content (AvgIpc) is 3.04. The third-order valence-electron chi connectivity index (χ3n) is 4.75. The molecule has 0 radical (unpaired) electrons. The van der Waals surface area contributed by atoms with Gasteiger partial charge in [-0.05, 0) is 53.9 Å². The summed E-state index contributed by atoms with van der Waals surface area (Å²) in [6, 6.07) is 25.3. The van der Waals surface area contributed by atoms with Gasteiger partial charge in [-0.15, -0.1) is 0 Å². The van der Waals surface area contributed by atoms with E-state index in [1.54, 1.807) is 0 Å². The van der Waals surface area contributed by atoms with Crippen molar-refractivity contribution < 1.29 is 0 Å². The summed E-state index contributed by atoms with van der Waals surface area (Å²) in [5.74, 6) is 0.102. The SMILES string of the molecule is Cc1ccc(-c2cccc(Cn3ccc4cc(C(=N)N)ccc43)c2)cc1. The minimum Gasteiger partial charge on any atom is -0.384 e. The van der Waals surface area contributed by atoms with E-state index < -0.39 is 0 Å². The Kier molecular flexibility index (Phi) is 4.05. The molecule has 0 amide bonds. The maximum atomic E-state index is 7.59.